The maximum Gasteiger partial charge on any atom is 0.146 e. The number of halogens is 1. The Hall–Kier alpha value is -2.10. The molecule has 0 atom stereocenters. The van der Waals surface area contributed by atoms with E-state index in [1.54, 1.807) is 6.07 Å². The fourth-order valence-electron chi connectivity index (χ4n) is 1.72. The highest BCUT2D eigenvalue weighted by atomic mass is 19.1. The summed E-state index contributed by atoms with van der Waals surface area (Å²) in [7, 11) is 0. The van der Waals surface area contributed by atoms with Crippen LogP contribution < -0.4 is 10.6 Å². The van der Waals surface area contributed by atoms with E-state index in [-0.39, 0.29) is 5.82 Å². The van der Waals surface area contributed by atoms with E-state index in [4.69, 9.17) is 0 Å². The number of rotatable bonds is 5. The molecule has 100 valence electrons. The van der Waals surface area contributed by atoms with Crippen molar-refractivity contribution in [3.8, 4) is 0 Å². The molecule has 2 aromatic rings. The largest absolute Gasteiger partial charge is 0.370 e. The Bertz CT molecular complexity index is 555. The first kappa shape index (κ1) is 13.3. The number of hydrogen-bond acceptors (Lipinski definition) is 3. The SMILES string of the molecule is CCCNc1cccc(Nc2ccc(C)cc2F)n1. The minimum atomic E-state index is -0.270. The number of benzene rings is 1. The summed E-state index contributed by atoms with van der Waals surface area (Å²) in [6.07, 6.45) is 1.03. The van der Waals surface area contributed by atoms with Crippen LogP contribution in [0.15, 0.2) is 36.4 Å². The second-order valence-corrected chi connectivity index (χ2v) is 4.44. The highest BCUT2D eigenvalue weighted by Gasteiger charge is 2.03. The van der Waals surface area contributed by atoms with Crippen molar-refractivity contribution < 1.29 is 4.39 Å². The molecule has 0 unspecified atom stereocenters. The summed E-state index contributed by atoms with van der Waals surface area (Å²) >= 11 is 0. The number of hydrogen-bond donors (Lipinski definition) is 2. The monoisotopic (exact) mass is 259 g/mol. The number of nitrogens with one attached hydrogen (secondary N) is 2. The van der Waals surface area contributed by atoms with Crippen LogP contribution in [0.4, 0.5) is 21.7 Å². The van der Waals surface area contributed by atoms with Gasteiger partial charge in [-0.3, -0.25) is 0 Å². The first-order chi connectivity index (χ1) is 9.19. The van der Waals surface area contributed by atoms with Gasteiger partial charge in [-0.2, -0.15) is 0 Å². The normalized spacial score (nSPS) is 10.3. The minimum absolute atomic E-state index is 0.270. The quantitative estimate of drug-likeness (QED) is 0.849. The van der Waals surface area contributed by atoms with Crippen LogP contribution >= 0.6 is 0 Å². The molecule has 0 fully saturated rings. The van der Waals surface area contributed by atoms with Crippen molar-refractivity contribution in [3.63, 3.8) is 0 Å². The minimum Gasteiger partial charge on any atom is -0.370 e. The Morgan fingerprint density at radius 3 is 2.68 bits per heavy atom. The van der Waals surface area contributed by atoms with E-state index in [0.717, 1.165) is 24.3 Å². The second-order valence-electron chi connectivity index (χ2n) is 4.44. The van der Waals surface area contributed by atoms with E-state index in [1.807, 2.05) is 31.2 Å². The summed E-state index contributed by atoms with van der Waals surface area (Å²) in [6.45, 7) is 4.83. The van der Waals surface area contributed by atoms with Crippen molar-refractivity contribution in [2.24, 2.45) is 0 Å². The predicted molar refractivity (Wildman–Crippen MR) is 77.4 cm³/mol. The molecule has 19 heavy (non-hydrogen) atoms. The van der Waals surface area contributed by atoms with Crippen LogP contribution in [-0.4, -0.2) is 11.5 Å². The third kappa shape index (κ3) is 3.68. The molecule has 1 aromatic heterocycles. The van der Waals surface area contributed by atoms with E-state index in [1.165, 1.54) is 6.07 Å². The number of anilines is 3. The molecule has 3 nitrogen and oxygen atoms in total. The van der Waals surface area contributed by atoms with Crippen LogP contribution in [0.25, 0.3) is 0 Å². The Labute approximate surface area is 112 Å². The van der Waals surface area contributed by atoms with Crippen LogP contribution in [0.3, 0.4) is 0 Å². The Kier molecular flexibility index (Phi) is 4.34. The summed E-state index contributed by atoms with van der Waals surface area (Å²) in [5.74, 6) is 1.15. The first-order valence-corrected chi connectivity index (χ1v) is 6.43. The van der Waals surface area contributed by atoms with Gasteiger partial charge in [-0.05, 0) is 43.2 Å². The Morgan fingerprint density at radius 1 is 1.16 bits per heavy atom. The number of nitrogens with zero attached hydrogens (tertiary/aromatic N) is 1. The van der Waals surface area contributed by atoms with Gasteiger partial charge < -0.3 is 10.6 Å². The topological polar surface area (TPSA) is 37.0 Å². The number of pyridine rings is 1. The van der Waals surface area contributed by atoms with Gasteiger partial charge in [-0.25, -0.2) is 9.37 Å². The van der Waals surface area contributed by atoms with Crippen LogP contribution in [0.2, 0.25) is 0 Å². The summed E-state index contributed by atoms with van der Waals surface area (Å²) in [4.78, 5) is 4.38. The van der Waals surface area contributed by atoms with Gasteiger partial charge in [0.05, 0.1) is 5.69 Å². The van der Waals surface area contributed by atoms with Gasteiger partial charge in [0.25, 0.3) is 0 Å². The molecular formula is C15H18FN3. The summed E-state index contributed by atoms with van der Waals surface area (Å²) in [6, 6.07) is 10.7. The van der Waals surface area contributed by atoms with Gasteiger partial charge in [0.1, 0.15) is 17.5 Å². The average Bonchev–Trinajstić information content (AvgIpc) is 2.40. The van der Waals surface area contributed by atoms with Crippen LogP contribution in [0, 0.1) is 12.7 Å². The van der Waals surface area contributed by atoms with E-state index in [9.17, 15) is 4.39 Å². The lowest BCUT2D eigenvalue weighted by Gasteiger charge is -2.09. The lowest BCUT2D eigenvalue weighted by atomic mass is 10.2. The number of aryl methyl sites for hydroxylation is 1. The lowest BCUT2D eigenvalue weighted by molar-refractivity contribution is 0.630. The molecular weight excluding hydrogens is 241 g/mol. The van der Waals surface area contributed by atoms with E-state index < -0.39 is 0 Å². The molecule has 0 radical (unpaired) electrons. The molecule has 0 aliphatic carbocycles. The molecule has 0 amide bonds. The molecule has 2 N–H and O–H groups in total. The molecule has 0 aliphatic rings. The van der Waals surface area contributed by atoms with Crippen molar-refractivity contribution in [1.29, 1.82) is 0 Å². The standard InChI is InChI=1S/C15H18FN3/c1-3-9-17-14-5-4-6-15(19-14)18-13-8-7-11(2)10-12(13)16/h4-8,10H,3,9H2,1-2H3,(H2,17,18,19). The second kappa shape index (κ2) is 6.18. The van der Waals surface area contributed by atoms with Crippen molar-refractivity contribution in [1.82, 2.24) is 4.98 Å². The number of aromatic nitrogens is 1. The summed E-state index contributed by atoms with van der Waals surface area (Å²) in [5.41, 5.74) is 1.33. The maximum atomic E-state index is 13.7. The highest BCUT2D eigenvalue weighted by molar-refractivity contribution is 5.59. The van der Waals surface area contributed by atoms with Gasteiger partial charge in [-0.1, -0.05) is 19.1 Å². The van der Waals surface area contributed by atoms with Gasteiger partial charge >= 0.3 is 0 Å². The maximum absolute atomic E-state index is 13.7. The molecule has 0 bridgehead atoms. The molecule has 0 aliphatic heterocycles. The summed E-state index contributed by atoms with van der Waals surface area (Å²) < 4.78 is 13.7. The molecule has 0 saturated heterocycles. The van der Waals surface area contributed by atoms with E-state index in [0.29, 0.717) is 11.5 Å². The van der Waals surface area contributed by atoms with Gasteiger partial charge in [0.2, 0.25) is 0 Å². The van der Waals surface area contributed by atoms with Crippen LogP contribution in [0.1, 0.15) is 18.9 Å². The van der Waals surface area contributed by atoms with Crippen molar-refractivity contribution >= 4 is 17.3 Å². The molecule has 1 aromatic carbocycles. The fourth-order valence-corrected chi connectivity index (χ4v) is 1.72. The molecule has 2 rings (SSSR count). The lowest BCUT2D eigenvalue weighted by Crippen LogP contribution is -2.03. The zero-order valence-electron chi connectivity index (χ0n) is 11.2. The van der Waals surface area contributed by atoms with Crippen molar-refractivity contribution in [2.45, 2.75) is 20.3 Å². The van der Waals surface area contributed by atoms with E-state index >= 15 is 0 Å². The molecule has 1 heterocycles. The fraction of sp³-hybridized carbons (Fsp3) is 0.267. The Balaban J connectivity index is 2.14. The van der Waals surface area contributed by atoms with E-state index in [2.05, 4.69) is 22.5 Å². The smallest absolute Gasteiger partial charge is 0.146 e. The molecule has 0 spiro atoms. The zero-order valence-corrected chi connectivity index (χ0v) is 11.2. The third-order valence-electron chi connectivity index (χ3n) is 2.69. The van der Waals surface area contributed by atoms with Crippen molar-refractivity contribution in [2.75, 3.05) is 17.2 Å². The van der Waals surface area contributed by atoms with Gasteiger partial charge in [0, 0.05) is 6.54 Å². The van der Waals surface area contributed by atoms with Gasteiger partial charge in [-0.15, -0.1) is 0 Å². The predicted octanol–water partition coefficient (Wildman–Crippen LogP) is 4.09. The van der Waals surface area contributed by atoms with Crippen LogP contribution in [-0.2, 0) is 0 Å². The van der Waals surface area contributed by atoms with Crippen LogP contribution in [0.5, 0.6) is 0 Å². The highest BCUT2D eigenvalue weighted by Crippen LogP contribution is 2.20. The summed E-state index contributed by atoms with van der Waals surface area (Å²) in [5, 5.41) is 6.19. The average molecular weight is 259 g/mol. The zero-order chi connectivity index (χ0) is 13.7. The van der Waals surface area contributed by atoms with Gasteiger partial charge in [0.15, 0.2) is 0 Å². The first-order valence-electron chi connectivity index (χ1n) is 6.43. The Morgan fingerprint density at radius 2 is 1.95 bits per heavy atom. The third-order valence-corrected chi connectivity index (χ3v) is 2.69. The molecule has 0 saturated carbocycles. The van der Waals surface area contributed by atoms with Crippen molar-refractivity contribution in [3.05, 3.63) is 47.8 Å². The molecule has 4 heteroatoms.